The van der Waals surface area contributed by atoms with Gasteiger partial charge >= 0.3 is 18.2 Å². The van der Waals surface area contributed by atoms with Crippen LogP contribution in [-0.2, 0) is 25.5 Å². The average molecular weight is 628 g/mol. The zero-order valence-electron chi connectivity index (χ0n) is 26.0. The van der Waals surface area contributed by atoms with Gasteiger partial charge in [-0.15, -0.1) is 0 Å². The van der Waals surface area contributed by atoms with Crippen LogP contribution < -0.4 is 10.6 Å². The zero-order chi connectivity index (χ0) is 33.2. The number of nitrogens with one attached hydrogen (secondary N) is 2. The molecule has 1 aliphatic rings. The number of hydrogen-bond donors (Lipinski definition) is 4. The third-order valence-corrected chi connectivity index (χ3v) is 7.81. The summed E-state index contributed by atoms with van der Waals surface area (Å²) in [6.07, 6.45) is -1.52. The number of ether oxygens (including phenoxy) is 2. The summed E-state index contributed by atoms with van der Waals surface area (Å²) in [4.78, 5) is 51.6. The Kier molecular flexibility index (Phi) is 9.15. The molecule has 4 aromatic rings. The number of hydrogen-bond acceptors (Lipinski definition) is 7. The van der Waals surface area contributed by atoms with E-state index in [2.05, 4.69) is 10.6 Å². The molecule has 5 rings (SSSR count). The number of carbonyl (C=O) groups is 4. The van der Waals surface area contributed by atoms with Gasteiger partial charge in [0, 0.05) is 23.9 Å². The Bertz CT molecular complexity index is 1740. The number of carboxylic acids is 1. The number of aliphatic carboxylic acids is 1. The highest BCUT2D eigenvalue weighted by molar-refractivity contribution is 5.94. The fourth-order valence-corrected chi connectivity index (χ4v) is 5.73. The number of aromatic nitrogens is 1. The molecule has 4 N–H and O–H groups in total. The second-order valence-corrected chi connectivity index (χ2v) is 12.3. The smallest absolute Gasteiger partial charge is 0.419 e. The first-order valence-corrected chi connectivity index (χ1v) is 15.0. The van der Waals surface area contributed by atoms with Crippen LogP contribution in [0.2, 0.25) is 0 Å². The average Bonchev–Trinajstić information content (AvgIpc) is 3.53. The lowest BCUT2D eigenvalue weighted by atomic mass is 9.98. The topological polar surface area (TPSA) is 156 Å². The normalized spacial score (nSPS) is 14.5. The Labute approximate surface area is 266 Å². The van der Waals surface area contributed by atoms with Crippen LogP contribution in [0.15, 0.2) is 79.0 Å². The Morgan fingerprint density at radius 1 is 0.891 bits per heavy atom. The van der Waals surface area contributed by atoms with Crippen molar-refractivity contribution in [3.05, 3.63) is 95.7 Å². The van der Waals surface area contributed by atoms with Crippen LogP contribution in [0.1, 0.15) is 50.3 Å². The summed E-state index contributed by atoms with van der Waals surface area (Å²) in [7, 11) is 0. The number of rotatable bonds is 9. The molecule has 1 aliphatic carbocycles. The molecule has 3 aromatic carbocycles. The van der Waals surface area contributed by atoms with Crippen LogP contribution in [0.5, 0.6) is 0 Å². The number of alkyl carbamates (subject to hydrolysis) is 1. The molecule has 2 amide bonds. The molecule has 3 atom stereocenters. The van der Waals surface area contributed by atoms with E-state index in [0.717, 1.165) is 22.3 Å². The van der Waals surface area contributed by atoms with Gasteiger partial charge in [-0.1, -0.05) is 66.7 Å². The third-order valence-electron chi connectivity index (χ3n) is 7.81. The van der Waals surface area contributed by atoms with Crippen LogP contribution in [0.25, 0.3) is 22.0 Å². The Hall–Kier alpha value is -5.16. The lowest BCUT2D eigenvalue weighted by molar-refractivity contribution is -0.145. The van der Waals surface area contributed by atoms with Gasteiger partial charge in [0.2, 0.25) is 5.91 Å². The van der Waals surface area contributed by atoms with E-state index < -0.39 is 47.9 Å². The third kappa shape index (κ3) is 6.89. The van der Waals surface area contributed by atoms with E-state index in [4.69, 9.17) is 9.47 Å². The van der Waals surface area contributed by atoms with Crippen molar-refractivity contribution in [1.82, 2.24) is 15.2 Å². The molecule has 1 aromatic heterocycles. The number of aliphatic hydroxyl groups excluding tert-OH is 1. The lowest BCUT2D eigenvalue weighted by Crippen LogP contribution is -2.55. The van der Waals surface area contributed by atoms with Crippen molar-refractivity contribution in [3.63, 3.8) is 0 Å². The van der Waals surface area contributed by atoms with Crippen LogP contribution in [0.4, 0.5) is 9.59 Å². The van der Waals surface area contributed by atoms with E-state index >= 15 is 0 Å². The van der Waals surface area contributed by atoms with Crippen LogP contribution in [0, 0.1) is 0 Å². The zero-order valence-corrected chi connectivity index (χ0v) is 26.0. The Morgan fingerprint density at radius 3 is 2.07 bits per heavy atom. The summed E-state index contributed by atoms with van der Waals surface area (Å²) in [5.41, 5.74) is 4.43. The molecule has 0 saturated carbocycles. The minimum atomic E-state index is -1.62. The molecule has 0 radical (unpaired) electrons. The van der Waals surface area contributed by atoms with E-state index in [-0.39, 0.29) is 18.9 Å². The first kappa shape index (κ1) is 32.2. The van der Waals surface area contributed by atoms with E-state index in [1.807, 2.05) is 48.5 Å². The van der Waals surface area contributed by atoms with Crippen molar-refractivity contribution in [2.75, 3.05) is 6.61 Å². The van der Waals surface area contributed by atoms with Gasteiger partial charge < -0.3 is 30.3 Å². The molecule has 1 heterocycles. The van der Waals surface area contributed by atoms with Crippen molar-refractivity contribution in [1.29, 1.82) is 0 Å². The summed E-state index contributed by atoms with van der Waals surface area (Å²) in [5.74, 6) is -2.51. The van der Waals surface area contributed by atoms with Crippen LogP contribution in [-0.4, -0.2) is 69.2 Å². The lowest BCUT2D eigenvalue weighted by Gasteiger charge is -2.23. The van der Waals surface area contributed by atoms with E-state index in [9.17, 15) is 29.4 Å². The number of benzene rings is 3. The standard InChI is InChI=1S/C35H37N3O8/c1-20(39)30(32(41)42)37-31(40)28(17-21-18-38(34(44)46-35(2,3)4)29-16-10-9-11-22(21)29)36-33(43)45-19-27-25-14-7-5-12-23(25)24-13-6-8-15-26(24)27/h5-16,18,20,27-28,30,39H,17,19H2,1-4H3,(H,36,43)(H,37,40)(H,41,42)/t20-,28+,30+/m1/s1. The molecule has 46 heavy (non-hydrogen) atoms. The van der Waals surface area contributed by atoms with Gasteiger partial charge in [0.1, 0.15) is 18.2 Å². The molecule has 0 bridgehead atoms. The Balaban J connectivity index is 1.40. The number of fused-ring (bicyclic) bond motifs is 4. The maximum absolute atomic E-state index is 13.5. The van der Waals surface area contributed by atoms with E-state index in [0.29, 0.717) is 16.5 Å². The van der Waals surface area contributed by atoms with Crippen LogP contribution >= 0.6 is 0 Å². The molecule has 0 spiro atoms. The fourth-order valence-electron chi connectivity index (χ4n) is 5.73. The van der Waals surface area contributed by atoms with Gasteiger partial charge in [-0.3, -0.25) is 9.36 Å². The molecule has 11 nitrogen and oxygen atoms in total. The Morgan fingerprint density at radius 2 is 1.48 bits per heavy atom. The predicted octanol–water partition coefficient (Wildman–Crippen LogP) is 4.82. The van der Waals surface area contributed by atoms with Gasteiger partial charge in [0.05, 0.1) is 11.6 Å². The summed E-state index contributed by atoms with van der Waals surface area (Å²) in [6.45, 7) is 6.48. The van der Waals surface area contributed by atoms with E-state index in [1.165, 1.54) is 17.7 Å². The largest absolute Gasteiger partial charge is 0.480 e. The minimum absolute atomic E-state index is 0.00241. The van der Waals surface area contributed by atoms with Crippen molar-refractivity contribution in [2.24, 2.45) is 0 Å². The maximum Gasteiger partial charge on any atom is 0.419 e. The molecule has 240 valence electrons. The monoisotopic (exact) mass is 627 g/mol. The quantitative estimate of drug-likeness (QED) is 0.206. The molecular weight excluding hydrogens is 590 g/mol. The highest BCUT2D eigenvalue weighted by Gasteiger charge is 2.33. The van der Waals surface area contributed by atoms with Gasteiger partial charge in [-0.05, 0) is 61.6 Å². The molecule has 0 aliphatic heterocycles. The summed E-state index contributed by atoms with van der Waals surface area (Å²) >= 11 is 0. The van der Waals surface area contributed by atoms with Crippen LogP contribution in [0.3, 0.4) is 0 Å². The minimum Gasteiger partial charge on any atom is -0.480 e. The van der Waals surface area contributed by atoms with E-state index in [1.54, 1.807) is 45.0 Å². The summed E-state index contributed by atoms with van der Waals surface area (Å²) in [5, 5.41) is 25.1. The van der Waals surface area contributed by atoms with Crippen molar-refractivity contribution in [2.45, 2.75) is 63.8 Å². The highest BCUT2D eigenvalue weighted by atomic mass is 16.6. The molecule has 0 saturated heterocycles. The number of nitrogens with zero attached hydrogens (tertiary/aromatic N) is 1. The summed E-state index contributed by atoms with van der Waals surface area (Å²) < 4.78 is 12.6. The summed E-state index contributed by atoms with van der Waals surface area (Å²) in [6, 6.07) is 19.8. The SMILES string of the molecule is C[C@@H](O)[C@H](NC(=O)[C@H](Cc1cn(C(=O)OC(C)(C)C)c2ccccc12)NC(=O)OCC1c2ccccc2-c2ccccc21)C(=O)O. The fraction of sp³-hybridized carbons (Fsp3) is 0.314. The molecule has 0 unspecified atom stereocenters. The maximum atomic E-state index is 13.5. The van der Waals surface area contributed by atoms with Crippen molar-refractivity contribution < 1.29 is 38.9 Å². The second-order valence-electron chi connectivity index (χ2n) is 12.3. The van der Waals surface area contributed by atoms with Gasteiger partial charge in [0.25, 0.3) is 0 Å². The number of aliphatic hydroxyl groups is 1. The highest BCUT2D eigenvalue weighted by Crippen LogP contribution is 2.44. The van der Waals surface area contributed by atoms with Crippen molar-refractivity contribution in [3.8, 4) is 11.1 Å². The number of para-hydroxylation sites is 1. The predicted molar refractivity (Wildman–Crippen MR) is 171 cm³/mol. The number of carboxylic acid groups (broad SMARTS) is 1. The molecule has 11 heteroatoms. The second kappa shape index (κ2) is 13.1. The molecule has 0 fully saturated rings. The first-order valence-electron chi connectivity index (χ1n) is 15.0. The van der Waals surface area contributed by atoms with Gasteiger partial charge in [-0.2, -0.15) is 0 Å². The number of carbonyl (C=O) groups excluding carboxylic acids is 3. The van der Waals surface area contributed by atoms with Gasteiger partial charge in [-0.25, -0.2) is 14.4 Å². The number of amides is 2. The first-order chi connectivity index (χ1) is 21.8. The van der Waals surface area contributed by atoms with Crippen molar-refractivity contribution >= 4 is 35.0 Å². The van der Waals surface area contributed by atoms with Gasteiger partial charge in [0.15, 0.2) is 6.04 Å². The molecular formula is C35H37N3O8.